The number of para-hydroxylation sites is 2. The van der Waals surface area contributed by atoms with E-state index in [0.717, 1.165) is 37.1 Å². The summed E-state index contributed by atoms with van der Waals surface area (Å²) in [6.07, 6.45) is 0.946. The highest BCUT2D eigenvalue weighted by Gasteiger charge is 2.06. The number of nitrogens with one attached hydrogen (secondary N) is 1. The van der Waals surface area contributed by atoms with E-state index in [4.69, 9.17) is 0 Å². The lowest BCUT2D eigenvalue weighted by atomic mass is 10.2. The number of rotatable bonds is 5. The standard InChI is InChI=1S/C14H19N3O/c1-3-15-9-6-10-17-13-8-5-4-7-12(13)16-11(2)14(17)18/h4-5,7-8,15H,3,6,9-10H2,1-2H3. The Balaban J connectivity index is 2.35. The fourth-order valence-corrected chi connectivity index (χ4v) is 2.08. The van der Waals surface area contributed by atoms with Crippen LogP contribution in [0.5, 0.6) is 0 Å². The molecule has 1 aromatic carbocycles. The Labute approximate surface area is 107 Å². The van der Waals surface area contributed by atoms with E-state index in [1.54, 1.807) is 6.92 Å². The summed E-state index contributed by atoms with van der Waals surface area (Å²) in [6, 6.07) is 7.79. The number of benzene rings is 1. The second-order valence-electron chi connectivity index (χ2n) is 4.35. The molecule has 2 rings (SSSR count). The van der Waals surface area contributed by atoms with E-state index >= 15 is 0 Å². The first-order valence-corrected chi connectivity index (χ1v) is 6.41. The molecule has 0 atom stereocenters. The van der Waals surface area contributed by atoms with Crippen LogP contribution in [0, 0.1) is 6.92 Å². The Morgan fingerprint density at radius 2 is 2.11 bits per heavy atom. The van der Waals surface area contributed by atoms with E-state index < -0.39 is 0 Å². The van der Waals surface area contributed by atoms with Crippen molar-refractivity contribution >= 4 is 11.0 Å². The average Bonchev–Trinajstić information content (AvgIpc) is 2.38. The molecule has 4 nitrogen and oxygen atoms in total. The normalized spacial score (nSPS) is 11.0. The molecular formula is C14H19N3O. The quantitative estimate of drug-likeness (QED) is 0.816. The lowest BCUT2D eigenvalue weighted by Crippen LogP contribution is -2.26. The molecule has 1 aromatic heterocycles. The van der Waals surface area contributed by atoms with Gasteiger partial charge in [-0.25, -0.2) is 4.98 Å². The molecule has 2 aromatic rings. The number of aryl methyl sites for hydroxylation is 2. The van der Waals surface area contributed by atoms with Gasteiger partial charge in [0, 0.05) is 6.54 Å². The third kappa shape index (κ3) is 2.59. The Morgan fingerprint density at radius 1 is 1.33 bits per heavy atom. The second kappa shape index (κ2) is 5.78. The van der Waals surface area contributed by atoms with Crippen LogP contribution in [0.4, 0.5) is 0 Å². The zero-order valence-electron chi connectivity index (χ0n) is 10.9. The maximum atomic E-state index is 12.1. The van der Waals surface area contributed by atoms with Crippen LogP contribution in [-0.2, 0) is 6.54 Å². The van der Waals surface area contributed by atoms with Gasteiger partial charge in [-0.3, -0.25) is 4.79 Å². The van der Waals surface area contributed by atoms with Crippen molar-refractivity contribution in [3.8, 4) is 0 Å². The first-order chi connectivity index (χ1) is 8.74. The zero-order chi connectivity index (χ0) is 13.0. The molecule has 0 saturated carbocycles. The van der Waals surface area contributed by atoms with Crippen LogP contribution in [0.1, 0.15) is 19.0 Å². The molecule has 0 aliphatic rings. The van der Waals surface area contributed by atoms with Gasteiger partial charge in [-0.15, -0.1) is 0 Å². The smallest absolute Gasteiger partial charge is 0.272 e. The fraction of sp³-hybridized carbons (Fsp3) is 0.429. The van der Waals surface area contributed by atoms with Crippen molar-refractivity contribution in [2.75, 3.05) is 13.1 Å². The first-order valence-electron chi connectivity index (χ1n) is 6.41. The summed E-state index contributed by atoms with van der Waals surface area (Å²) in [6.45, 7) is 6.48. The van der Waals surface area contributed by atoms with E-state index in [2.05, 4.69) is 17.2 Å². The lowest BCUT2D eigenvalue weighted by Gasteiger charge is -2.10. The molecule has 0 aliphatic carbocycles. The minimum Gasteiger partial charge on any atom is -0.317 e. The van der Waals surface area contributed by atoms with Crippen LogP contribution in [0.15, 0.2) is 29.1 Å². The van der Waals surface area contributed by atoms with Gasteiger partial charge in [-0.05, 0) is 38.6 Å². The van der Waals surface area contributed by atoms with E-state index in [0.29, 0.717) is 5.69 Å². The van der Waals surface area contributed by atoms with Gasteiger partial charge in [0.25, 0.3) is 5.56 Å². The summed E-state index contributed by atoms with van der Waals surface area (Å²) in [5.74, 6) is 0. The highest BCUT2D eigenvalue weighted by molar-refractivity contribution is 5.74. The van der Waals surface area contributed by atoms with Crippen molar-refractivity contribution in [3.05, 3.63) is 40.3 Å². The molecule has 0 radical (unpaired) electrons. The molecule has 1 heterocycles. The Morgan fingerprint density at radius 3 is 2.89 bits per heavy atom. The monoisotopic (exact) mass is 245 g/mol. The lowest BCUT2D eigenvalue weighted by molar-refractivity contribution is 0.589. The summed E-state index contributed by atoms with van der Waals surface area (Å²) < 4.78 is 1.83. The van der Waals surface area contributed by atoms with Crippen molar-refractivity contribution in [1.29, 1.82) is 0 Å². The summed E-state index contributed by atoms with van der Waals surface area (Å²) in [4.78, 5) is 16.5. The van der Waals surface area contributed by atoms with E-state index in [9.17, 15) is 4.79 Å². The minimum atomic E-state index is 0.0187. The summed E-state index contributed by atoms with van der Waals surface area (Å²) in [5, 5.41) is 3.27. The van der Waals surface area contributed by atoms with Gasteiger partial charge in [0.15, 0.2) is 0 Å². The number of fused-ring (bicyclic) bond motifs is 1. The van der Waals surface area contributed by atoms with Crippen LogP contribution in [-0.4, -0.2) is 22.6 Å². The molecule has 0 fully saturated rings. The van der Waals surface area contributed by atoms with Crippen molar-refractivity contribution < 1.29 is 0 Å². The minimum absolute atomic E-state index is 0.0187. The fourth-order valence-electron chi connectivity index (χ4n) is 2.08. The molecule has 1 N–H and O–H groups in total. The zero-order valence-corrected chi connectivity index (χ0v) is 10.9. The van der Waals surface area contributed by atoms with Crippen molar-refractivity contribution in [2.45, 2.75) is 26.8 Å². The topological polar surface area (TPSA) is 46.9 Å². The largest absolute Gasteiger partial charge is 0.317 e. The number of hydrogen-bond donors (Lipinski definition) is 1. The second-order valence-corrected chi connectivity index (χ2v) is 4.35. The predicted molar refractivity (Wildman–Crippen MR) is 73.9 cm³/mol. The molecule has 0 aliphatic heterocycles. The maximum Gasteiger partial charge on any atom is 0.272 e. The van der Waals surface area contributed by atoms with Gasteiger partial charge < -0.3 is 9.88 Å². The van der Waals surface area contributed by atoms with Crippen LogP contribution in [0.3, 0.4) is 0 Å². The Hall–Kier alpha value is -1.68. The van der Waals surface area contributed by atoms with Crippen LogP contribution in [0.2, 0.25) is 0 Å². The number of hydrogen-bond acceptors (Lipinski definition) is 3. The van der Waals surface area contributed by atoms with Gasteiger partial charge in [-0.1, -0.05) is 19.1 Å². The highest BCUT2D eigenvalue weighted by atomic mass is 16.1. The van der Waals surface area contributed by atoms with Gasteiger partial charge >= 0.3 is 0 Å². The number of aromatic nitrogens is 2. The predicted octanol–water partition coefficient (Wildman–Crippen LogP) is 1.70. The van der Waals surface area contributed by atoms with Crippen molar-refractivity contribution in [1.82, 2.24) is 14.9 Å². The Bertz CT molecular complexity index is 589. The molecule has 96 valence electrons. The Kier molecular flexibility index (Phi) is 4.10. The maximum absolute atomic E-state index is 12.1. The van der Waals surface area contributed by atoms with Crippen LogP contribution in [0.25, 0.3) is 11.0 Å². The third-order valence-corrected chi connectivity index (χ3v) is 3.00. The molecule has 0 bridgehead atoms. The molecule has 4 heteroatoms. The first kappa shape index (κ1) is 12.8. The van der Waals surface area contributed by atoms with E-state index in [-0.39, 0.29) is 5.56 Å². The molecular weight excluding hydrogens is 226 g/mol. The summed E-state index contributed by atoms with van der Waals surface area (Å²) >= 11 is 0. The highest BCUT2D eigenvalue weighted by Crippen LogP contribution is 2.09. The van der Waals surface area contributed by atoms with E-state index in [1.165, 1.54) is 0 Å². The van der Waals surface area contributed by atoms with Crippen molar-refractivity contribution in [2.24, 2.45) is 0 Å². The van der Waals surface area contributed by atoms with Crippen LogP contribution < -0.4 is 10.9 Å². The summed E-state index contributed by atoms with van der Waals surface area (Å²) in [5.41, 5.74) is 2.39. The summed E-state index contributed by atoms with van der Waals surface area (Å²) in [7, 11) is 0. The van der Waals surface area contributed by atoms with E-state index in [1.807, 2.05) is 28.8 Å². The third-order valence-electron chi connectivity index (χ3n) is 3.00. The van der Waals surface area contributed by atoms with Gasteiger partial charge in [-0.2, -0.15) is 0 Å². The van der Waals surface area contributed by atoms with Gasteiger partial charge in [0.05, 0.1) is 11.0 Å². The average molecular weight is 245 g/mol. The SMILES string of the molecule is CCNCCCn1c(=O)c(C)nc2ccccc21. The molecule has 18 heavy (non-hydrogen) atoms. The van der Waals surface area contributed by atoms with Crippen LogP contribution >= 0.6 is 0 Å². The molecule has 0 amide bonds. The molecule has 0 unspecified atom stereocenters. The van der Waals surface area contributed by atoms with Gasteiger partial charge in [0.1, 0.15) is 5.69 Å². The number of nitrogens with zero attached hydrogens (tertiary/aromatic N) is 2. The van der Waals surface area contributed by atoms with Crippen molar-refractivity contribution in [3.63, 3.8) is 0 Å². The molecule has 0 spiro atoms. The van der Waals surface area contributed by atoms with Gasteiger partial charge in [0.2, 0.25) is 0 Å². The molecule has 0 saturated heterocycles.